The Morgan fingerprint density at radius 3 is 1.54 bits per heavy atom. The molecule has 0 aromatic carbocycles. The van der Waals surface area contributed by atoms with Crippen molar-refractivity contribution in [3.05, 3.63) is 0 Å². The summed E-state index contributed by atoms with van der Waals surface area (Å²) in [5.74, 6) is -57.9. The molecule has 318 valence electrons. The summed E-state index contributed by atoms with van der Waals surface area (Å²) in [7, 11) is -6.14. The molecule has 54 heavy (non-hydrogen) atoms. The van der Waals surface area contributed by atoms with Crippen LogP contribution in [-0.4, -0.2) is 111 Å². The van der Waals surface area contributed by atoms with E-state index in [1.165, 1.54) is 0 Å². The number of hydrogen-bond acceptors (Lipinski definition) is 9. The molecule has 1 aliphatic heterocycles. The van der Waals surface area contributed by atoms with Crippen molar-refractivity contribution in [3.8, 4) is 0 Å². The molecule has 0 aliphatic carbocycles. The molecule has 9 nitrogen and oxygen atoms in total. The first kappa shape index (κ1) is 53.7. The molecule has 1 heterocycles. The number of phosphoric acid groups is 1. The third kappa shape index (κ3) is 11.1. The summed E-state index contributed by atoms with van der Waals surface area (Å²) in [6, 6.07) is 0. The van der Waals surface area contributed by atoms with Crippen LogP contribution in [0.2, 0.25) is 0 Å². The fourth-order valence-corrected chi connectivity index (χ4v) is 6.00. The first-order valence-corrected chi connectivity index (χ1v) is 16.8. The number of hydrogen-bond donors (Lipinski definition) is 4. The van der Waals surface area contributed by atoms with E-state index in [2.05, 4.69) is 13.8 Å². The summed E-state index contributed by atoms with van der Waals surface area (Å²) >= 11 is 0. The molecular weight excluding hydrogens is 833 g/mol. The number of aliphatic hydroxyl groups excluding tert-OH is 4. The van der Waals surface area contributed by atoms with E-state index in [1.54, 1.807) is 0 Å². The molecule has 0 saturated carbocycles. The van der Waals surface area contributed by atoms with E-state index >= 15 is 0 Å². The Labute approximate surface area is 317 Å². The molecule has 0 amide bonds. The van der Waals surface area contributed by atoms with E-state index in [0.29, 0.717) is 19.3 Å². The second-order valence-corrected chi connectivity index (χ2v) is 13.4. The van der Waals surface area contributed by atoms with E-state index in [4.69, 9.17) is 0 Å². The van der Waals surface area contributed by atoms with Crippen LogP contribution in [0.4, 0.5) is 74.6 Å². The molecule has 2 unspecified atom stereocenters. The van der Waals surface area contributed by atoms with Gasteiger partial charge in [0.1, 0.15) is 24.4 Å². The van der Waals surface area contributed by atoms with Gasteiger partial charge in [-0.3, -0.25) is 4.57 Å². The Balaban J connectivity index is 0.0000281. The van der Waals surface area contributed by atoms with Gasteiger partial charge in [0.05, 0.1) is 12.7 Å². The minimum atomic E-state index is -8.81. The van der Waals surface area contributed by atoms with Crippen LogP contribution >= 0.6 is 7.82 Å². The molecule has 1 fully saturated rings. The van der Waals surface area contributed by atoms with Crippen LogP contribution in [0.1, 0.15) is 71.1 Å². The predicted octanol–water partition coefficient (Wildman–Crippen LogP) is 3.59. The Kier molecular flexibility index (Phi) is 19.1. The van der Waals surface area contributed by atoms with Crippen LogP contribution in [0, 0.1) is 0 Å². The molecule has 0 radical (unpaired) electrons. The molecule has 0 bridgehead atoms. The third-order valence-corrected chi connectivity index (χ3v) is 9.12. The molecule has 7 atom stereocenters. The van der Waals surface area contributed by atoms with Crippen LogP contribution in [0.3, 0.4) is 0 Å². The number of ether oxygens (including phenoxy) is 1. The van der Waals surface area contributed by atoms with Crippen LogP contribution in [0.5, 0.6) is 0 Å². The van der Waals surface area contributed by atoms with Crippen molar-refractivity contribution in [1.29, 1.82) is 0 Å². The Hall–Kier alpha value is -0.280. The summed E-state index contributed by atoms with van der Waals surface area (Å²) < 4.78 is 258. The van der Waals surface area contributed by atoms with Crippen molar-refractivity contribution >= 4 is 7.82 Å². The van der Waals surface area contributed by atoms with Gasteiger partial charge in [0.25, 0.3) is 7.82 Å². The zero-order valence-corrected chi connectivity index (χ0v) is 30.8. The SMILES string of the molecule is CCCCCCCCCC(CCC(F)(F)C(F)(F)C(F)(F)C(F)(F)C(F)(F)C(F)(F)C(F)(F)C(F)(F)F)OP(=O)([O-])O[C@@H]1[C@@H](O)[C@H](O)O[C@H](CO)[C@H]1O.[Na+]. The van der Waals surface area contributed by atoms with Gasteiger partial charge in [0.15, 0.2) is 6.29 Å². The van der Waals surface area contributed by atoms with Crippen molar-refractivity contribution in [2.75, 3.05) is 6.61 Å². The maximum atomic E-state index is 14.6. The number of alkyl halides is 17. The monoisotopic (exact) mass is 868 g/mol. The van der Waals surface area contributed by atoms with Crippen LogP contribution < -0.4 is 34.5 Å². The molecular formula is C26H35F17NaO9P. The van der Waals surface area contributed by atoms with E-state index < -0.39 is 118 Å². The van der Waals surface area contributed by atoms with Gasteiger partial charge in [0, 0.05) is 6.42 Å². The van der Waals surface area contributed by atoms with Crippen LogP contribution in [0.15, 0.2) is 0 Å². The number of unbranched alkanes of at least 4 members (excludes halogenated alkanes) is 6. The van der Waals surface area contributed by atoms with Crippen molar-refractivity contribution in [1.82, 2.24) is 0 Å². The molecule has 28 heteroatoms. The molecule has 0 spiro atoms. The van der Waals surface area contributed by atoms with Gasteiger partial charge < -0.3 is 39.1 Å². The average molecular weight is 868 g/mol. The molecule has 4 N–H and O–H groups in total. The van der Waals surface area contributed by atoms with Crippen LogP contribution in [-0.2, 0) is 18.3 Å². The number of aliphatic hydroxyl groups is 4. The molecule has 1 rings (SSSR count). The van der Waals surface area contributed by atoms with Gasteiger partial charge in [-0.05, 0) is 12.8 Å². The Morgan fingerprint density at radius 1 is 0.667 bits per heavy atom. The summed E-state index contributed by atoms with van der Waals surface area (Å²) in [5, 5.41) is 38.9. The Morgan fingerprint density at radius 2 is 1.09 bits per heavy atom. The van der Waals surface area contributed by atoms with E-state index in [0.717, 1.165) is 12.8 Å². The molecule has 1 saturated heterocycles. The number of phosphoric ester groups is 1. The van der Waals surface area contributed by atoms with Gasteiger partial charge >= 0.3 is 77.2 Å². The van der Waals surface area contributed by atoms with Gasteiger partial charge in [0.2, 0.25) is 0 Å². The zero-order chi connectivity index (χ0) is 41.9. The normalized spacial score (nSPS) is 24.5. The van der Waals surface area contributed by atoms with Crippen LogP contribution in [0.25, 0.3) is 0 Å². The standard InChI is InChI=1S/C26H36F17O9P.Na/c1-2-3-4-5-6-7-8-9-13(51-53(48,49)52-17-15(45)14(12-44)50-18(47)16(17)46)10-11-19(27,28)20(29,30)21(31,32)22(33,34)23(35,36)24(37,38)25(39,40)26(41,42)43;/h13-18,44-47H,2-12H2,1H3,(H,48,49);/q;+1/p-1/t13?,14-,15-,16-,17+,18-;/m1./s1. The van der Waals surface area contributed by atoms with Gasteiger partial charge in [-0.15, -0.1) is 0 Å². The number of rotatable bonds is 22. The summed E-state index contributed by atoms with van der Waals surface area (Å²) in [5.41, 5.74) is 0. The van der Waals surface area contributed by atoms with Crippen molar-refractivity contribution in [2.45, 2.75) is 156 Å². The Bertz CT molecular complexity index is 1220. The summed E-state index contributed by atoms with van der Waals surface area (Å²) in [6.45, 7) is 0.703. The maximum absolute atomic E-state index is 14.6. The van der Waals surface area contributed by atoms with Gasteiger partial charge in [-0.1, -0.05) is 51.9 Å². The quantitative estimate of drug-likeness (QED) is 0.0555. The smallest absolute Gasteiger partial charge is 0.756 e. The molecule has 1 aliphatic rings. The second-order valence-electron chi connectivity index (χ2n) is 12.1. The largest absolute Gasteiger partial charge is 1.00 e. The maximum Gasteiger partial charge on any atom is 1.00 e. The fourth-order valence-electron chi connectivity index (χ4n) is 4.82. The first-order valence-electron chi connectivity index (χ1n) is 15.3. The minimum Gasteiger partial charge on any atom is -0.756 e. The predicted molar refractivity (Wildman–Crippen MR) is 140 cm³/mol. The minimum absolute atomic E-state index is 0. The van der Waals surface area contributed by atoms with Gasteiger partial charge in [-0.25, -0.2) is 0 Å². The molecule has 0 aromatic rings. The van der Waals surface area contributed by atoms with Crippen molar-refractivity contribution in [3.63, 3.8) is 0 Å². The van der Waals surface area contributed by atoms with Crippen molar-refractivity contribution < 1.29 is 148 Å². The van der Waals surface area contributed by atoms with E-state index in [9.17, 15) is 105 Å². The van der Waals surface area contributed by atoms with Gasteiger partial charge in [-0.2, -0.15) is 74.6 Å². The second kappa shape index (κ2) is 19.2. The fraction of sp³-hybridized carbons (Fsp3) is 1.00. The third-order valence-electron chi connectivity index (χ3n) is 8.07. The van der Waals surface area contributed by atoms with E-state index in [-0.39, 0.29) is 42.4 Å². The van der Waals surface area contributed by atoms with Crippen molar-refractivity contribution in [2.24, 2.45) is 0 Å². The first-order chi connectivity index (χ1) is 23.6. The molecule has 0 aromatic heterocycles. The topological polar surface area (TPSA) is 149 Å². The number of halogens is 17. The summed E-state index contributed by atoms with van der Waals surface area (Å²) in [6.07, 6.45) is -24.5. The average Bonchev–Trinajstić information content (AvgIpc) is 3.01. The zero-order valence-electron chi connectivity index (χ0n) is 27.9. The summed E-state index contributed by atoms with van der Waals surface area (Å²) in [4.78, 5) is 12.6. The van der Waals surface area contributed by atoms with E-state index in [1.807, 2.05) is 6.92 Å².